The number of fused-ring (bicyclic) bond motifs is 1. The Morgan fingerprint density at radius 1 is 1.18 bits per heavy atom. The Balaban J connectivity index is 1.52. The molecular weight excluding hydrogens is 436 g/mol. The van der Waals surface area contributed by atoms with E-state index in [1.165, 1.54) is 19.3 Å². The van der Waals surface area contributed by atoms with Crippen LogP contribution in [0, 0.1) is 5.92 Å². The minimum Gasteiger partial charge on any atom is -0.497 e. The highest BCUT2D eigenvalue weighted by Gasteiger charge is 2.28. The average Bonchev–Trinajstić information content (AvgIpc) is 3.26. The van der Waals surface area contributed by atoms with Crippen LogP contribution in [0.4, 0.5) is 0 Å². The van der Waals surface area contributed by atoms with Crippen molar-refractivity contribution in [2.45, 2.75) is 49.6 Å². The van der Waals surface area contributed by atoms with E-state index in [1.807, 2.05) is 30.5 Å². The molecule has 1 saturated carbocycles. The highest BCUT2D eigenvalue weighted by molar-refractivity contribution is 7.98. The van der Waals surface area contributed by atoms with Crippen LogP contribution in [-0.4, -0.2) is 26.9 Å². The number of pyridine rings is 1. The maximum Gasteiger partial charge on any atom is 0.336 e. The Kier molecular flexibility index (Phi) is 6.17. The number of rotatable bonds is 6. The zero-order chi connectivity index (χ0) is 22.8. The third-order valence-electron chi connectivity index (χ3n) is 6.38. The van der Waals surface area contributed by atoms with Crippen LogP contribution in [0.15, 0.2) is 63.2 Å². The molecule has 0 spiro atoms. The second-order valence-electron chi connectivity index (χ2n) is 8.49. The molecule has 170 valence electrons. The Morgan fingerprint density at radius 2 is 2.06 bits per heavy atom. The van der Waals surface area contributed by atoms with Crippen LogP contribution in [0.5, 0.6) is 5.75 Å². The molecule has 0 N–H and O–H groups in total. The van der Waals surface area contributed by atoms with Crippen molar-refractivity contribution < 1.29 is 9.15 Å². The van der Waals surface area contributed by atoms with Gasteiger partial charge in [-0.2, -0.15) is 0 Å². The monoisotopic (exact) mass is 462 g/mol. The van der Waals surface area contributed by atoms with E-state index < -0.39 is 0 Å². The number of methoxy groups -OCH3 is 1. The molecule has 5 rings (SSSR count). The molecule has 2 unspecified atom stereocenters. The molecule has 33 heavy (non-hydrogen) atoms. The maximum atomic E-state index is 12.2. The molecule has 1 fully saturated rings. The van der Waals surface area contributed by atoms with Gasteiger partial charge in [-0.25, -0.2) is 4.79 Å². The highest BCUT2D eigenvalue weighted by Crippen LogP contribution is 2.39. The second kappa shape index (κ2) is 9.39. The number of hydrogen-bond acceptors (Lipinski definition) is 7. The molecule has 0 radical (unpaired) electrons. The molecule has 7 nitrogen and oxygen atoms in total. The molecule has 0 aliphatic heterocycles. The fourth-order valence-corrected chi connectivity index (χ4v) is 5.63. The van der Waals surface area contributed by atoms with Gasteiger partial charge in [0.05, 0.1) is 7.11 Å². The van der Waals surface area contributed by atoms with Crippen molar-refractivity contribution in [1.29, 1.82) is 0 Å². The molecule has 3 aromatic heterocycles. The number of ether oxygens (including phenoxy) is 1. The second-order valence-corrected chi connectivity index (χ2v) is 9.43. The summed E-state index contributed by atoms with van der Waals surface area (Å²) in [5.41, 5.74) is 2.02. The van der Waals surface area contributed by atoms with Crippen molar-refractivity contribution in [3.63, 3.8) is 0 Å². The van der Waals surface area contributed by atoms with Crippen LogP contribution in [0.2, 0.25) is 0 Å². The molecule has 8 heteroatoms. The maximum absolute atomic E-state index is 12.2. The molecule has 3 heterocycles. The molecule has 4 aromatic rings. The van der Waals surface area contributed by atoms with E-state index in [4.69, 9.17) is 9.15 Å². The van der Waals surface area contributed by atoms with Gasteiger partial charge in [-0.05, 0) is 48.6 Å². The first-order chi connectivity index (χ1) is 16.1. The molecule has 2 atom stereocenters. The van der Waals surface area contributed by atoms with Gasteiger partial charge in [-0.1, -0.05) is 31.5 Å². The molecule has 0 saturated heterocycles. The molecule has 1 aliphatic rings. The molecule has 0 bridgehead atoms. The largest absolute Gasteiger partial charge is 0.497 e. The van der Waals surface area contributed by atoms with Crippen LogP contribution in [0.3, 0.4) is 0 Å². The van der Waals surface area contributed by atoms with E-state index >= 15 is 0 Å². The molecule has 0 amide bonds. The van der Waals surface area contributed by atoms with Gasteiger partial charge in [0.2, 0.25) is 0 Å². The summed E-state index contributed by atoms with van der Waals surface area (Å²) in [5.74, 6) is 2.64. The van der Waals surface area contributed by atoms with Crippen LogP contribution in [0.1, 0.15) is 44.2 Å². The zero-order valence-electron chi connectivity index (χ0n) is 18.7. The minimum absolute atomic E-state index is 0.341. The van der Waals surface area contributed by atoms with Crippen LogP contribution >= 0.6 is 11.8 Å². The molecule has 1 aliphatic carbocycles. The fourth-order valence-electron chi connectivity index (χ4n) is 4.65. The van der Waals surface area contributed by atoms with Gasteiger partial charge in [0.15, 0.2) is 11.0 Å². The van der Waals surface area contributed by atoms with E-state index in [2.05, 4.69) is 26.7 Å². The SMILES string of the molecule is COc1ccc2c(CSc3nnc(-c4cccnc4)n3C3CCCCC3C)cc(=O)oc2c1. The predicted octanol–water partition coefficient (Wildman–Crippen LogP) is 5.50. The van der Waals surface area contributed by atoms with Crippen molar-refractivity contribution >= 4 is 22.7 Å². The first-order valence-corrected chi connectivity index (χ1v) is 12.2. The van der Waals surface area contributed by atoms with E-state index in [-0.39, 0.29) is 5.63 Å². The van der Waals surface area contributed by atoms with E-state index in [9.17, 15) is 4.79 Å². The molecule has 1 aromatic carbocycles. The number of benzene rings is 1. The lowest BCUT2D eigenvalue weighted by Gasteiger charge is -2.31. The lowest BCUT2D eigenvalue weighted by atomic mass is 9.85. The van der Waals surface area contributed by atoms with Crippen molar-refractivity contribution in [2.24, 2.45) is 5.92 Å². The topological polar surface area (TPSA) is 83.0 Å². The third kappa shape index (κ3) is 4.39. The van der Waals surface area contributed by atoms with Gasteiger partial charge < -0.3 is 9.15 Å². The summed E-state index contributed by atoms with van der Waals surface area (Å²) in [6, 6.07) is 11.4. The van der Waals surface area contributed by atoms with Crippen molar-refractivity contribution in [3.8, 4) is 17.1 Å². The summed E-state index contributed by atoms with van der Waals surface area (Å²) in [6.45, 7) is 2.31. The summed E-state index contributed by atoms with van der Waals surface area (Å²) in [6.07, 6.45) is 8.38. The number of aromatic nitrogens is 4. The number of thioether (sulfide) groups is 1. The highest BCUT2D eigenvalue weighted by atomic mass is 32.2. The number of nitrogens with zero attached hydrogens (tertiary/aromatic N) is 4. The van der Waals surface area contributed by atoms with Gasteiger partial charge in [0, 0.05) is 47.3 Å². The summed E-state index contributed by atoms with van der Waals surface area (Å²) in [5, 5.41) is 10.9. The quantitative estimate of drug-likeness (QED) is 0.276. The van der Waals surface area contributed by atoms with Crippen molar-refractivity contribution in [1.82, 2.24) is 19.7 Å². The first kappa shape index (κ1) is 21.7. The summed E-state index contributed by atoms with van der Waals surface area (Å²) < 4.78 is 13.0. The first-order valence-electron chi connectivity index (χ1n) is 11.2. The van der Waals surface area contributed by atoms with Gasteiger partial charge in [-0.3, -0.25) is 9.55 Å². The Labute approximate surface area is 196 Å². The zero-order valence-corrected chi connectivity index (χ0v) is 19.5. The normalized spacial score (nSPS) is 18.5. The van der Waals surface area contributed by atoms with Crippen LogP contribution in [0.25, 0.3) is 22.4 Å². The Morgan fingerprint density at radius 3 is 2.85 bits per heavy atom. The lowest BCUT2D eigenvalue weighted by Crippen LogP contribution is -2.22. The summed E-state index contributed by atoms with van der Waals surface area (Å²) >= 11 is 1.60. The Hall–Kier alpha value is -3.13. The van der Waals surface area contributed by atoms with E-state index in [1.54, 1.807) is 37.2 Å². The smallest absolute Gasteiger partial charge is 0.336 e. The Bertz CT molecular complexity index is 1320. The van der Waals surface area contributed by atoms with Crippen molar-refractivity contribution in [2.75, 3.05) is 7.11 Å². The lowest BCUT2D eigenvalue weighted by molar-refractivity contribution is 0.247. The van der Waals surface area contributed by atoms with Gasteiger partial charge in [-0.15, -0.1) is 10.2 Å². The minimum atomic E-state index is -0.371. The summed E-state index contributed by atoms with van der Waals surface area (Å²) in [7, 11) is 1.60. The fraction of sp³-hybridized carbons (Fsp3) is 0.360. The van der Waals surface area contributed by atoms with Gasteiger partial charge in [0.1, 0.15) is 11.3 Å². The van der Waals surface area contributed by atoms with Crippen LogP contribution in [-0.2, 0) is 5.75 Å². The van der Waals surface area contributed by atoms with E-state index in [0.717, 1.165) is 33.9 Å². The standard InChI is InChI=1S/C25H26N4O3S/c1-16-6-3-4-8-21(16)29-24(17-7-5-11-26-14-17)27-28-25(29)33-15-18-12-23(30)32-22-13-19(31-2)9-10-20(18)22/h5,7,9-14,16,21H,3-4,6,8,15H2,1-2H3. The van der Waals surface area contributed by atoms with Crippen LogP contribution < -0.4 is 10.4 Å². The molecular formula is C25H26N4O3S. The van der Waals surface area contributed by atoms with Crippen molar-refractivity contribution in [3.05, 3.63) is 64.8 Å². The summed E-state index contributed by atoms with van der Waals surface area (Å²) in [4.78, 5) is 16.5. The number of hydrogen-bond donors (Lipinski definition) is 0. The third-order valence-corrected chi connectivity index (χ3v) is 7.37. The van der Waals surface area contributed by atoms with E-state index in [0.29, 0.717) is 29.0 Å². The van der Waals surface area contributed by atoms with Gasteiger partial charge in [0.25, 0.3) is 0 Å². The predicted molar refractivity (Wildman–Crippen MR) is 129 cm³/mol. The van der Waals surface area contributed by atoms with Gasteiger partial charge >= 0.3 is 5.63 Å². The average molecular weight is 463 g/mol.